The Kier molecular flexibility index (Phi) is 4.35. The maximum absolute atomic E-state index is 14.3. The highest BCUT2D eigenvalue weighted by molar-refractivity contribution is 5.60. The van der Waals surface area contributed by atoms with Crippen LogP contribution in [0.5, 0.6) is 0 Å². The van der Waals surface area contributed by atoms with Crippen LogP contribution in [0.1, 0.15) is 30.0 Å². The average Bonchev–Trinajstić information content (AvgIpc) is 3.51. The molecule has 4 aromatic rings. The van der Waals surface area contributed by atoms with E-state index in [0.717, 1.165) is 18.5 Å². The zero-order valence-corrected chi connectivity index (χ0v) is 15.9. The van der Waals surface area contributed by atoms with E-state index in [1.54, 1.807) is 42.5 Å². The molecule has 5 rings (SSSR count). The summed E-state index contributed by atoms with van der Waals surface area (Å²) in [6.07, 6.45) is 2.08. The molecule has 0 radical (unpaired) electrons. The van der Waals surface area contributed by atoms with Crippen molar-refractivity contribution in [3.63, 3.8) is 0 Å². The number of nitrogens with zero attached hydrogens (tertiary/aromatic N) is 5. The summed E-state index contributed by atoms with van der Waals surface area (Å²) in [4.78, 5) is 21.4. The van der Waals surface area contributed by atoms with Gasteiger partial charge in [0.05, 0.1) is 17.8 Å². The van der Waals surface area contributed by atoms with Crippen LogP contribution in [0.3, 0.4) is 0 Å². The lowest BCUT2D eigenvalue weighted by Crippen LogP contribution is -2.16. The van der Waals surface area contributed by atoms with Crippen LogP contribution in [0.4, 0.5) is 10.2 Å². The first kappa shape index (κ1) is 18.2. The van der Waals surface area contributed by atoms with Gasteiger partial charge in [0.25, 0.3) is 5.56 Å². The van der Waals surface area contributed by atoms with Crippen LogP contribution < -0.4 is 11.3 Å². The fourth-order valence-electron chi connectivity index (χ4n) is 3.30. The van der Waals surface area contributed by atoms with Crippen LogP contribution in [0.25, 0.3) is 22.9 Å². The van der Waals surface area contributed by atoms with E-state index in [2.05, 4.69) is 25.3 Å². The van der Waals surface area contributed by atoms with Crippen molar-refractivity contribution in [3.8, 4) is 22.9 Å². The van der Waals surface area contributed by atoms with Gasteiger partial charge in [0.15, 0.2) is 11.6 Å². The maximum Gasteiger partial charge on any atom is 0.275 e. The first-order valence-corrected chi connectivity index (χ1v) is 9.59. The summed E-state index contributed by atoms with van der Waals surface area (Å²) in [6, 6.07) is 13.3. The molecule has 0 atom stereocenters. The molecule has 1 saturated carbocycles. The van der Waals surface area contributed by atoms with Gasteiger partial charge in [-0.1, -0.05) is 24.3 Å². The normalized spacial score (nSPS) is 13.5. The summed E-state index contributed by atoms with van der Waals surface area (Å²) in [5.41, 5.74) is 7.47. The third-order valence-electron chi connectivity index (χ3n) is 5.01. The summed E-state index contributed by atoms with van der Waals surface area (Å²) in [5.74, 6) is 0.946. The van der Waals surface area contributed by atoms with Gasteiger partial charge < -0.3 is 5.73 Å². The number of rotatable bonds is 5. The lowest BCUT2D eigenvalue weighted by Gasteiger charge is -2.07. The molecule has 30 heavy (non-hydrogen) atoms. The SMILES string of the molecule is Nc1cccc(-c2nc(-c3cc(C4CC4)n[nH]c3=O)n(Cc3ccccc3F)n2)n1. The third-order valence-corrected chi connectivity index (χ3v) is 5.01. The fourth-order valence-corrected chi connectivity index (χ4v) is 3.30. The predicted octanol–water partition coefficient (Wildman–Crippen LogP) is 2.74. The fraction of sp³-hybridized carbons (Fsp3) is 0.190. The van der Waals surface area contributed by atoms with Crippen molar-refractivity contribution in [2.45, 2.75) is 25.3 Å². The van der Waals surface area contributed by atoms with Crippen molar-refractivity contribution >= 4 is 5.82 Å². The first-order chi connectivity index (χ1) is 14.6. The van der Waals surface area contributed by atoms with E-state index in [1.807, 2.05) is 0 Å². The van der Waals surface area contributed by atoms with E-state index in [4.69, 9.17) is 5.73 Å². The van der Waals surface area contributed by atoms with E-state index in [9.17, 15) is 9.18 Å². The Morgan fingerprint density at radius 1 is 1.13 bits per heavy atom. The van der Waals surface area contributed by atoms with E-state index in [-0.39, 0.29) is 17.9 Å². The monoisotopic (exact) mass is 403 g/mol. The zero-order chi connectivity index (χ0) is 20.7. The number of hydrogen-bond donors (Lipinski definition) is 2. The largest absolute Gasteiger partial charge is 0.384 e. The van der Waals surface area contributed by atoms with Gasteiger partial charge in [-0.25, -0.2) is 24.1 Å². The number of aromatic amines is 1. The van der Waals surface area contributed by atoms with E-state index in [1.165, 1.54) is 10.7 Å². The van der Waals surface area contributed by atoms with Crippen molar-refractivity contribution < 1.29 is 4.39 Å². The molecule has 0 bridgehead atoms. The Balaban J connectivity index is 1.66. The summed E-state index contributed by atoms with van der Waals surface area (Å²) < 4.78 is 15.8. The highest BCUT2D eigenvalue weighted by atomic mass is 19.1. The highest BCUT2D eigenvalue weighted by Crippen LogP contribution is 2.39. The van der Waals surface area contributed by atoms with Crippen LogP contribution in [-0.2, 0) is 6.54 Å². The number of nitrogen functional groups attached to an aromatic ring is 1. The van der Waals surface area contributed by atoms with Crippen LogP contribution in [0, 0.1) is 5.82 Å². The van der Waals surface area contributed by atoms with Crippen LogP contribution in [-0.4, -0.2) is 29.9 Å². The molecule has 0 amide bonds. The molecule has 0 spiro atoms. The van der Waals surface area contributed by atoms with E-state index >= 15 is 0 Å². The van der Waals surface area contributed by atoms with Crippen LogP contribution in [0.2, 0.25) is 0 Å². The molecule has 8 nitrogen and oxygen atoms in total. The minimum atomic E-state index is -0.381. The molecule has 1 aliphatic carbocycles. The molecule has 0 aliphatic heterocycles. The van der Waals surface area contributed by atoms with Gasteiger partial charge in [0, 0.05) is 11.5 Å². The number of halogens is 1. The topological polar surface area (TPSA) is 115 Å². The van der Waals surface area contributed by atoms with Gasteiger partial charge in [0.2, 0.25) is 0 Å². The molecular formula is C21H18FN7O. The molecular weight excluding hydrogens is 385 g/mol. The Bertz CT molecular complexity index is 1290. The number of nitrogens with one attached hydrogen (secondary N) is 1. The Morgan fingerprint density at radius 2 is 1.97 bits per heavy atom. The molecule has 1 aromatic carbocycles. The lowest BCUT2D eigenvalue weighted by atomic mass is 10.2. The number of nitrogens with two attached hydrogens (primary N) is 1. The summed E-state index contributed by atoms with van der Waals surface area (Å²) in [7, 11) is 0. The second-order valence-corrected chi connectivity index (χ2v) is 7.27. The number of pyridine rings is 1. The summed E-state index contributed by atoms with van der Waals surface area (Å²) >= 11 is 0. The summed E-state index contributed by atoms with van der Waals surface area (Å²) in [5, 5.41) is 11.2. The standard InChI is InChI=1S/C21H18FN7O/c22-15-5-2-1-4-13(15)11-29-20(14-10-17(12-8-9-12)26-27-21(14)30)25-19(28-29)16-6-3-7-18(23)24-16/h1-7,10,12H,8-9,11H2,(H2,23,24)(H,27,30). The molecule has 3 heterocycles. The number of anilines is 1. The molecule has 1 aliphatic rings. The first-order valence-electron chi connectivity index (χ1n) is 9.59. The highest BCUT2D eigenvalue weighted by Gasteiger charge is 2.27. The number of benzene rings is 1. The van der Waals surface area contributed by atoms with Gasteiger partial charge in [-0.3, -0.25) is 4.79 Å². The number of H-pyrrole nitrogens is 1. The van der Waals surface area contributed by atoms with Crippen molar-refractivity contribution in [2.24, 2.45) is 0 Å². The molecule has 9 heteroatoms. The van der Waals surface area contributed by atoms with Gasteiger partial charge in [0.1, 0.15) is 17.3 Å². The second-order valence-electron chi connectivity index (χ2n) is 7.27. The van der Waals surface area contributed by atoms with Gasteiger partial charge in [-0.2, -0.15) is 5.10 Å². The van der Waals surface area contributed by atoms with Gasteiger partial charge in [-0.15, -0.1) is 5.10 Å². The zero-order valence-electron chi connectivity index (χ0n) is 15.9. The summed E-state index contributed by atoms with van der Waals surface area (Å²) in [6.45, 7) is 0.109. The van der Waals surface area contributed by atoms with Crippen molar-refractivity contribution in [1.82, 2.24) is 29.9 Å². The molecule has 3 aromatic heterocycles. The van der Waals surface area contributed by atoms with Crippen molar-refractivity contribution in [1.29, 1.82) is 0 Å². The Morgan fingerprint density at radius 3 is 2.73 bits per heavy atom. The molecule has 1 fully saturated rings. The van der Waals surface area contributed by atoms with Crippen LogP contribution in [0.15, 0.2) is 53.3 Å². The second kappa shape index (κ2) is 7.18. The Hall–Kier alpha value is -3.88. The predicted molar refractivity (Wildman–Crippen MR) is 109 cm³/mol. The van der Waals surface area contributed by atoms with E-state index in [0.29, 0.717) is 40.2 Å². The molecule has 0 saturated heterocycles. The maximum atomic E-state index is 14.3. The van der Waals surface area contributed by atoms with Crippen molar-refractivity contribution in [2.75, 3.05) is 5.73 Å². The molecule has 3 N–H and O–H groups in total. The molecule has 150 valence electrons. The number of hydrogen-bond acceptors (Lipinski definition) is 6. The average molecular weight is 403 g/mol. The quantitative estimate of drug-likeness (QED) is 0.529. The van der Waals surface area contributed by atoms with Gasteiger partial charge >= 0.3 is 0 Å². The minimum Gasteiger partial charge on any atom is -0.384 e. The molecule has 0 unspecified atom stereocenters. The third kappa shape index (κ3) is 3.45. The lowest BCUT2D eigenvalue weighted by molar-refractivity contribution is 0.587. The minimum absolute atomic E-state index is 0.109. The van der Waals surface area contributed by atoms with E-state index < -0.39 is 0 Å². The van der Waals surface area contributed by atoms with Crippen LogP contribution >= 0.6 is 0 Å². The smallest absolute Gasteiger partial charge is 0.275 e. The van der Waals surface area contributed by atoms with Crippen molar-refractivity contribution in [3.05, 3.63) is 76.0 Å². The van der Waals surface area contributed by atoms with Gasteiger partial charge in [-0.05, 0) is 37.1 Å². The Labute approximate surface area is 170 Å². The number of aromatic nitrogens is 6.